The Bertz CT molecular complexity index is 428. The number of carbonyl (C=O) groups excluding carboxylic acids is 1. The van der Waals surface area contributed by atoms with Gasteiger partial charge in [0.25, 0.3) is 0 Å². The van der Waals surface area contributed by atoms with Gasteiger partial charge in [0.2, 0.25) is 5.91 Å². The van der Waals surface area contributed by atoms with Crippen LogP contribution in [0.25, 0.3) is 0 Å². The molecule has 2 rings (SSSR count). The molecule has 1 aromatic rings. The molecule has 19 heavy (non-hydrogen) atoms. The fourth-order valence-corrected chi connectivity index (χ4v) is 2.25. The lowest BCUT2D eigenvalue weighted by molar-refractivity contribution is -0.128. The number of amides is 1. The topological polar surface area (TPSA) is 50.4 Å². The molecule has 5 heteroatoms. The summed E-state index contributed by atoms with van der Waals surface area (Å²) < 4.78 is 5.73. The number of hydrogen-bond donors (Lipinski definition) is 2. The quantitative estimate of drug-likeness (QED) is 0.892. The van der Waals surface area contributed by atoms with Crippen molar-refractivity contribution >= 4 is 23.2 Å². The van der Waals surface area contributed by atoms with Crippen LogP contribution in [-0.4, -0.2) is 31.2 Å². The van der Waals surface area contributed by atoms with Crippen LogP contribution in [0.2, 0.25) is 5.02 Å². The van der Waals surface area contributed by atoms with Crippen LogP contribution in [0.15, 0.2) is 24.3 Å². The van der Waals surface area contributed by atoms with Crippen LogP contribution in [0.4, 0.5) is 5.69 Å². The molecule has 104 valence electrons. The predicted molar refractivity (Wildman–Crippen MR) is 76.5 cm³/mol. The second-order valence-corrected chi connectivity index (χ2v) is 5.51. The fourth-order valence-electron chi connectivity index (χ4n) is 2.12. The van der Waals surface area contributed by atoms with Crippen LogP contribution in [0, 0.1) is 0 Å². The van der Waals surface area contributed by atoms with Crippen molar-refractivity contribution in [1.29, 1.82) is 0 Å². The standard InChI is InChI=1S/C14H19ClN2O2/c1-14(7-2-8-16-10-14)19-9-13(18)17-12-5-3-11(15)4-6-12/h3-6,16H,2,7-10H2,1H3,(H,17,18). The maximum Gasteiger partial charge on any atom is 0.250 e. The third-order valence-electron chi connectivity index (χ3n) is 3.24. The van der Waals surface area contributed by atoms with Gasteiger partial charge in [-0.15, -0.1) is 0 Å². The third-order valence-corrected chi connectivity index (χ3v) is 3.49. The fraction of sp³-hybridized carbons (Fsp3) is 0.500. The highest BCUT2D eigenvalue weighted by atomic mass is 35.5. The molecule has 1 atom stereocenters. The molecule has 1 aliphatic heterocycles. The first kappa shape index (κ1) is 14.3. The largest absolute Gasteiger partial charge is 0.364 e. The SMILES string of the molecule is CC1(OCC(=O)Nc2ccc(Cl)cc2)CCCNC1. The molecule has 1 heterocycles. The minimum Gasteiger partial charge on any atom is -0.364 e. The van der Waals surface area contributed by atoms with Crippen LogP contribution in [0.1, 0.15) is 19.8 Å². The van der Waals surface area contributed by atoms with Gasteiger partial charge in [-0.2, -0.15) is 0 Å². The van der Waals surface area contributed by atoms with E-state index in [1.54, 1.807) is 24.3 Å². The Morgan fingerprint density at radius 1 is 1.47 bits per heavy atom. The van der Waals surface area contributed by atoms with Crippen molar-refractivity contribution in [3.05, 3.63) is 29.3 Å². The van der Waals surface area contributed by atoms with E-state index in [1.807, 2.05) is 6.92 Å². The van der Waals surface area contributed by atoms with Gasteiger partial charge in [0, 0.05) is 17.3 Å². The van der Waals surface area contributed by atoms with Crippen molar-refractivity contribution in [1.82, 2.24) is 5.32 Å². The van der Waals surface area contributed by atoms with Crippen molar-refractivity contribution in [3.8, 4) is 0 Å². The molecular weight excluding hydrogens is 264 g/mol. The van der Waals surface area contributed by atoms with Gasteiger partial charge in [-0.3, -0.25) is 4.79 Å². The molecule has 1 amide bonds. The van der Waals surface area contributed by atoms with Crippen molar-refractivity contribution < 1.29 is 9.53 Å². The van der Waals surface area contributed by atoms with Crippen molar-refractivity contribution in [2.75, 3.05) is 25.0 Å². The molecule has 1 aliphatic rings. The van der Waals surface area contributed by atoms with Crippen LogP contribution in [0.3, 0.4) is 0 Å². The van der Waals surface area contributed by atoms with E-state index >= 15 is 0 Å². The summed E-state index contributed by atoms with van der Waals surface area (Å²) in [6, 6.07) is 7.02. The van der Waals surface area contributed by atoms with E-state index in [-0.39, 0.29) is 18.1 Å². The molecule has 0 bridgehead atoms. The summed E-state index contributed by atoms with van der Waals surface area (Å²) in [4.78, 5) is 11.8. The maximum absolute atomic E-state index is 11.8. The number of anilines is 1. The third kappa shape index (κ3) is 4.49. The monoisotopic (exact) mass is 282 g/mol. The molecule has 1 aromatic carbocycles. The first-order valence-corrected chi connectivity index (χ1v) is 6.85. The highest BCUT2D eigenvalue weighted by Gasteiger charge is 2.28. The average molecular weight is 283 g/mol. The molecule has 0 radical (unpaired) electrons. The van der Waals surface area contributed by atoms with Gasteiger partial charge in [0.15, 0.2) is 0 Å². The van der Waals surface area contributed by atoms with E-state index in [1.165, 1.54) is 0 Å². The lowest BCUT2D eigenvalue weighted by atomic mass is 9.96. The molecular formula is C14H19ClN2O2. The van der Waals surface area contributed by atoms with E-state index < -0.39 is 0 Å². The first-order valence-electron chi connectivity index (χ1n) is 6.48. The number of halogens is 1. The number of benzene rings is 1. The minimum atomic E-state index is -0.240. The predicted octanol–water partition coefficient (Wildman–Crippen LogP) is 2.44. The van der Waals surface area contributed by atoms with Gasteiger partial charge >= 0.3 is 0 Å². The Labute approximate surface area is 118 Å². The highest BCUT2D eigenvalue weighted by molar-refractivity contribution is 6.30. The van der Waals surface area contributed by atoms with E-state index in [2.05, 4.69) is 10.6 Å². The number of rotatable bonds is 4. The average Bonchev–Trinajstić information content (AvgIpc) is 2.40. The van der Waals surface area contributed by atoms with E-state index in [0.717, 1.165) is 31.6 Å². The molecule has 0 saturated carbocycles. The maximum atomic E-state index is 11.8. The smallest absolute Gasteiger partial charge is 0.250 e. The first-order chi connectivity index (χ1) is 9.07. The number of ether oxygens (including phenoxy) is 1. The number of carbonyl (C=O) groups is 1. The number of nitrogens with one attached hydrogen (secondary N) is 2. The van der Waals surface area contributed by atoms with Gasteiger partial charge in [-0.25, -0.2) is 0 Å². The van der Waals surface area contributed by atoms with Crippen LogP contribution < -0.4 is 10.6 Å². The van der Waals surface area contributed by atoms with Gasteiger partial charge in [0.1, 0.15) is 6.61 Å². The molecule has 2 N–H and O–H groups in total. The number of piperidine rings is 1. The molecule has 1 fully saturated rings. The summed E-state index contributed by atoms with van der Waals surface area (Å²) in [5, 5.41) is 6.71. The molecule has 0 spiro atoms. The van der Waals surface area contributed by atoms with E-state index in [4.69, 9.17) is 16.3 Å². The molecule has 1 saturated heterocycles. The van der Waals surface area contributed by atoms with Crippen LogP contribution in [0.5, 0.6) is 0 Å². The normalized spacial score (nSPS) is 23.1. The van der Waals surface area contributed by atoms with Crippen LogP contribution in [-0.2, 0) is 9.53 Å². The van der Waals surface area contributed by atoms with Crippen molar-refractivity contribution in [2.24, 2.45) is 0 Å². The summed E-state index contributed by atoms with van der Waals surface area (Å²) in [7, 11) is 0. The summed E-state index contributed by atoms with van der Waals surface area (Å²) in [5.74, 6) is -0.144. The van der Waals surface area contributed by atoms with Crippen molar-refractivity contribution in [2.45, 2.75) is 25.4 Å². The second kappa shape index (κ2) is 6.37. The van der Waals surface area contributed by atoms with E-state index in [0.29, 0.717) is 5.02 Å². The zero-order valence-electron chi connectivity index (χ0n) is 11.0. The Morgan fingerprint density at radius 3 is 2.84 bits per heavy atom. The summed E-state index contributed by atoms with van der Waals surface area (Å²) >= 11 is 5.78. The lowest BCUT2D eigenvalue weighted by Gasteiger charge is -2.33. The van der Waals surface area contributed by atoms with E-state index in [9.17, 15) is 4.79 Å². The molecule has 0 aliphatic carbocycles. The minimum absolute atomic E-state index is 0.0702. The zero-order valence-corrected chi connectivity index (χ0v) is 11.8. The van der Waals surface area contributed by atoms with Gasteiger partial charge in [-0.1, -0.05) is 11.6 Å². The number of hydrogen-bond acceptors (Lipinski definition) is 3. The Kier molecular flexibility index (Phi) is 4.80. The molecule has 4 nitrogen and oxygen atoms in total. The summed E-state index contributed by atoms with van der Waals surface area (Å²) in [5.41, 5.74) is 0.486. The van der Waals surface area contributed by atoms with Gasteiger partial charge in [0.05, 0.1) is 5.60 Å². The lowest BCUT2D eigenvalue weighted by Crippen LogP contribution is -2.46. The Morgan fingerprint density at radius 2 is 2.21 bits per heavy atom. The van der Waals surface area contributed by atoms with Crippen molar-refractivity contribution in [3.63, 3.8) is 0 Å². The zero-order chi connectivity index (χ0) is 13.7. The molecule has 0 aromatic heterocycles. The Hall–Kier alpha value is -1.10. The highest BCUT2D eigenvalue weighted by Crippen LogP contribution is 2.20. The van der Waals surface area contributed by atoms with Crippen LogP contribution >= 0.6 is 11.6 Å². The second-order valence-electron chi connectivity index (χ2n) is 5.07. The van der Waals surface area contributed by atoms with Gasteiger partial charge < -0.3 is 15.4 Å². The summed E-state index contributed by atoms with van der Waals surface area (Å²) in [6.45, 7) is 3.92. The summed E-state index contributed by atoms with van der Waals surface area (Å²) in [6.07, 6.45) is 2.06. The Balaban J connectivity index is 1.79. The van der Waals surface area contributed by atoms with Gasteiger partial charge in [-0.05, 0) is 50.6 Å². The molecule has 1 unspecified atom stereocenters.